The summed E-state index contributed by atoms with van der Waals surface area (Å²) < 4.78 is 37.9. The Balaban J connectivity index is 2.86. The molecule has 0 radical (unpaired) electrons. The fourth-order valence-corrected chi connectivity index (χ4v) is 1.53. The van der Waals surface area contributed by atoms with Gasteiger partial charge in [0.1, 0.15) is 11.9 Å². The van der Waals surface area contributed by atoms with Crippen LogP contribution in [0.25, 0.3) is 0 Å². The van der Waals surface area contributed by atoms with Crippen molar-refractivity contribution in [3.63, 3.8) is 0 Å². The molecule has 84 valence electrons. The zero-order chi connectivity index (χ0) is 11.6. The van der Waals surface area contributed by atoms with Crippen LogP contribution in [0.3, 0.4) is 0 Å². The molecule has 0 saturated carbocycles. The average molecular weight is 304 g/mol. The van der Waals surface area contributed by atoms with Gasteiger partial charge in [-0.2, -0.15) is 8.78 Å². The highest BCUT2D eigenvalue weighted by molar-refractivity contribution is 9.10. The van der Waals surface area contributed by atoms with Crippen molar-refractivity contribution in [2.24, 2.45) is 0 Å². The van der Waals surface area contributed by atoms with E-state index in [1.807, 2.05) is 0 Å². The van der Waals surface area contributed by atoms with Crippen LogP contribution < -0.4 is 0 Å². The highest BCUT2D eigenvalue weighted by Gasteiger charge is 2.35. The Bertz CT molecular complexity index is 354. The van der Waals surface area contributed by atoms with E-state index in [1.165, 1.54) is 18.2 Å². The van der Waals surface area contributed by atoms with Gasteiger partial charge in [-0.3, -0.25) is 0 Å². The van der Waals surface area contributed by atoms with Crippen molar-refractivity contribution < 1.29 is 18.3 Å². The predicted molar refractivity (Wildman–Crippen MR) is 54.6 cm³/mol. The Morgan fingerprint density at radius 1 is 1.47 bits per heavy atom. The van der Waals surface area contributed by atoms with E-state index < -0.39 is 23.7 Å². The number of rotatable bonds is 3. The third-order valence-electron chi connectivity index (χ3n) is 1.82. The normalized spacial score (nSPS) is 14.0. The van der Waals surface area contributed by atoms with Gasteiger partial charge in [0.2, 0.25) is 0 Å². The molecular formula is C9H7BrClF3O. The average Bonchev–Trinajstić information content (AvgIpc) is 2.11. The first-order valence-corrected chi connectivity index (χ1v) is 5.17. The smallest absolute Gasteiger partial charge is 0.347 e. The molecule has 1 nitrogen and oxygen atoms in total. The first-order valence-electron chi connectivity index (χ1n) is 4.00. The highest BCUT2D eigenvalue weighted by atomic mass is 79.9. The number of hydrogen-bond acceptors (Lipinski definition) is 1. The Labute approximate surface area is 98.0 Å². The maximum absolute atomic E-state index is 13.0. The molecule has 0 heterocycles. The topological polar surface area (TPSA) is 20.2 Å². The molecule has 0 aliphatic rings. The quantitative estimate of drug-likeness (QED) is 0.849. The van der Waals surface area contributed by atoms with Crippen molar-refractivity contribution >= 4 is 27.5 Å². The molecule has 15 heavy (non-hydrogen) atoms. The van der Waals surface area contributed by atoms with Gasteiger partial charge in [0.15, 0.2) is 0 Å². The number of aliphatic hydroxyl groups excluding tert-OH is 1. The predicted octanol–water partition coefficient (Wildman–Crippen LogP) is 3.32. The van der Waals surface area contributed by atoms with Gasteiger partial charge in [-0.05, 0) is 39.2 Å². The summed E-state index contributed by atoms with van der Waals surface area (Å²) >= 11 is 7.53. The Hall–Kier alpha value is -0.260. The molecule has 6 heteroatoms. The van der Waals surface area contributed by atoms with Crippen molar-refractivity contribution in [2.75, 3.05) is 0 Å². The summed E-state index contributed by atoms with van der Waals surface area (Å²) in [6, 6.07) is 3.98. The van der Waals surface area contributed by atoms with Crippen LogP contribution in [0.15, 0.2) is 22.7 Å². The molecule has 0 fully saturated rings. The van der Waals surface area contributed by atoms with Crippen LogP contribution in [0, 0.1) is 5.82 Å². The largest absolute Gasteiger partial charge is 0.385 e. The number of benzene rings is 1. The molecule has 1 unspecified atom stereocenters. The van der Waals surface area contributed by atoms with E-state index in [9.17, 15) is 13.2 Å². The molecule has 0 bridgehead atoms. The van der Waals surface area contributed by atoms with E-state index in [1.54, 1.807) is 0 Å². The van der Waals surface area contributed by atoms with Crippen LogP contribution in [0.5, 0.6) is 0 Å². The van der Waals surface area contributed by atoms with E-state index in [-0.39, 0.29) is 10.0 Å². The van der Waals surface area contributed by atoms with Crippen molar-refractivity contribution in [1.29, 1.82) is 0 Å². The first kappa shape index (κ1) is 12.8. The number of halogens is 5. The Kier molecular flexibility index (Phi) is 4.03. The maximum Gasteiger partial charge on any atom is 0.347 e. The van der Waals surface area contributed by atoms with Gasteiger partial charge < -0.3 is 5.11 Å². The lowest BCUT2D eigenvalue weighted by Gasteiger charge is -2.16. The lowest BCUT2D eigenvalue weighted by Crippen LogP contribution is -2.29. The van der Waals surface area contributed by atoms with Gasteiger partial charge in [0.05, 0.1) is 4.47 Å². The van der Waals surface area contributed by atoms with Crippen LogP contribution >= 0.6 is 27.5 Å². The van der Waals surface area contributed by atoms with Crippen molar-refractivity contribution in [1.82, 2.24) is 0 Å². The summed E-state index contributed by atoms with van der Waals surface area (Å²) in [7, 11) is 0. The summed E-state index contributed by atoms with van der Waals surface area (Å²) in [6.07, 6.45) is -2.47. The van der Waals surface area contributed by atoms with Crippen LogP contribution in [0.1, 0.15) is 5.56 Å². The minimum Gasteiger partial charge on any atom is -0.385 e. The van der Waals surface area contributed by atoms with Gasteiger partial charge >= 0.3 is 5.38 Å². The molecule has 1 rings (SSSR count). The molecule has 1 aromatic carbocycles. The van der Waals surface area contributed by atoms with Gasteiger partial charge in [0, 0.05) is 6.42 Å². The fourth-order valence-electron chi connectivity index (χ4n) is 1.03. The summed E-state index contributed by atoms with van der Waals surface area (Å²) in [5.41, 5.74) is 0.239. The van der Waals surface area contributed by atoms with Crippen LogP contribution in [-0.2, 0) is 6.42 Å². The van der Waals surface area contributed by atoms with E-state index in [0.29, 0.717) is 0 Å². The summed E-state index contributed by atoms with van der Waals surface area (Å²) in [5.74, 6) is -0.572. The molecule has 1 N–H and O–H groups in total. The van der Waals surface area contributed by atoms with Crippen molar-refractivity contribution in [3.05, 3.63) is 34.1 Å². The molecule has 0 spiro atoms. The molecule has 0 amide bonds. The maximum atomic E-state index is 13.0. The van der Waals surface area contributed by atoms with E-state index in [0.717, 1.165) is 0 Å². The molecule has 1 aromatic rings. The van der Waals surface area contributed by atoms with Crippen LogP contribution in [0.2, 0.25) is 0 Å². The molecule has 0 aliphatic heterocycles. The highest BCUT2D eigenvalue weighted by Crippen LogP contribution is 2.29. The van der Waals surface area contributed by atoms with Gasteiger partial charge in [0.25, 0.3) is 0 Å². The number of hydrogen-bond donors (Lipinski definition) is 1. The third kappa shape index (κ3) is 3.36. The lowest BCUT2D eigenvalue weighted by molar-refractivity contribution is -0.0398. The minimum atomic E-state index is -3.72. The van der Waals surface area contributed by atoms with E-state index >= 15 is 0 Å². The monoisotopic (exact) mass is 302 g/mol. The van der Waals surface area contributed by atoms with Gasteiger partial charge in [-0.1, -0.05) is 12.1 Å². The molecular weight excluding hydrogens is 296 g/mol. The summed E-state index contributed by atoms with van der Waals surface area (Å²) in [6.45, 7) is 0. The Morgan fingerprint density at radius 2 is 2.07 bits per heavy atom. The van der Waals surface area contributed by atoms with Crippen molar-refractivity contribution in [2.45, 2.75) is 17.9 Å². The van der Waals surface area contributed by atoms with E-state index in [4.69, 9.17) is 5.11 Å². The van der Waals surface area contributed by atoms with Crippen molar-refractivity contribution in [3.8, 4) is 0 Å². The minimum absolute atomic E-state index is 0.0602. The van der Waals surface area contributed by atoms with Crippen LogP contribution in [0.4, 0.5) is 13.2 Å². The lowest BCUT2D eigenvalue weighted by atomic mass is 10.1. The zero-order valence-corrected chi connectivity index (χ0v) is 9.70. The Morgan fingerprint density at radius 3 is 2.60 bits per heavy atom. The SMILES string of the molecule is OC(Cc1cccc(F)c1Br)C(F)(F)Cl. The molecule has 0 saturated heterocycles. The van der Waals surface area contributed by atoms with Gasteiger partial charge in [-0.25, -0.2) is 4.39 Å². The number of alkyl halides is 3. The van der Waals surface area contributed by atoms with E-state index in [2.05, 4.69) is 27.5 Å². The third-order valence-corrected chi connectivity index (χ3v) is 2.96. The summed E-state index contributed by atoms with van der Waals surface area (Å²) in [4.78, 5) is 0. The molecule has 0 aliphatic carbocycles. The summed E-state index contributed by atoms with van der Waals surface area (Å²) in [5, 5.41) is 5.31. The fraction of sp³-hybridized carbons (Fsp3) is 0.333. The van der Waals surface area contributed by atoms with Gasteiger partial charge in [-0.15, -0.1) is 0 Å². The standard InChI is InChI=1S/C9H7BrClF3O/c10-8-5(2-1-3-6(8)12)4-7(15)9(11,13)14/h1-3,7,15H,4H2. The first-order chi connectivity index (χ1) is 6.82. The second-order valence-electron chi connectivity index (χ2n) is 2.97. The molecule has 0 aromatic heterocycles. The second kappa shape index (κ2) is 4.72. The number of aliphatic hydroxyl groups is 1. The van der Waals surface area contributed by atoms with Crippen LogP contribution in [-0.4, -0.2) is 16.6 Å². The molecule has 1 atom stereocenters. The zero-order valence-electron chi connectivity index (χ0n) is 7.35. The second-order valence-corrected chi connectivity index (χ2v) is 4.27.